The fourth-order valence-electron chi connectivity index (χ4n) is 1.60. The first kappa shape index (κ1) is 13.5. The van der Waals surface area contributed by atoms with Crippen LogP contribution >= 0.6 is 0 Å². The maximum atomic E-state index is 11.7. The van der Waals surface area contributed by atoms with Crippen molar-refractivity contribution in [1.82, 2.24) is 0 Å². The normalized spacial score (nSPS) is 11.1. The van der Waals surface area contributed by atoms with Gasteiger partial charge in [-0.15, -0.1) is 0 Å². The third kappa shape index (κ3) is 2.58. The number of hydrogen-bond acceptors (Lipinski definition) is 5. The smallest absolute Gasteiger partial charge is 0.341 e. The van der Waals surface area contributed by atoms with Gasteiger partial charge in [0.25, 0.3) is 0 Å². The van der Waals surface area contributed by atoms with Crippen LogP contribution in [-0.4, -0.2) is 34.9 Å². The van der Waals surface area contributed by atoms with E-state index in [1.165, 1.54) is 20.3 Å². The van der Waals surface area contributed by atoms with Gasteiger partial charge in [-0.05, 0) is 18.6 Å². The van der Waals surface area contributed by atoms with Crippen molar-refractivity contribution in [2.24, 2.45) is 0 Å². The Hall–Kier alpha value is -1.56. The van der Waals surface area contributed by atoms with Crippen LogP contribution in [0.3, 0.4) is 0 Å². The molecule has 0 bridgehead atoms. The molecule has 0 aliphatic rings. The third-order valence-electron chi connectivity index (χ3n) is 2.29. The van der Waals surface area contributed by atoms with Crippen molar-refractivity contribution >= 4 is 15.8 Å². The third-order valence-corrected chi connectivity index (χ3v) is 3.54. The summed E-state index contributed by atoms with van der Waals surface area (Å²) in [5.41, 5.74) is 0.623. The molecule has 0 aromatic heterocycles. The van der Waals surface area contributed by atoms with E-state index >= 15 is 0 Å². The Balaban J connectivity index is 3.65. The summed E-state index contributed by atoms with van der Waals surface area (Å²) in [6.07, 6.45) is 1.07. The lowest BCUT2D eigenvalue weighted by Crippen LogP contribution is -2.10. The molecular weight excluding hydrogens is 244 g/mol. The van der Waals surface area contributed by atoms with E-state index in [2.05, 4.69) is 4.74 Å². The summed E-state index contributed by atoms with van der Waals surface area (Å²) in [7, 11) is -0.934. The molecule has 5 nitrogen and oxygen atoms in total. The van der Waals surface area contributed by atoms with E-state index in [-0.39, 0.29) is 16.2 Å². The molecule has 0 N–H and O–H groups in total. The molecule has 0 unspecified atom stereocenters. The van der Waals surface area contributed by atoms with E-state index in [1.807, 2.05) is 0 Å². The highest BCUT2D eigenvalue weighted by atomic mass is 32.2. The first-order chi connectivity index (χ1) is 7.82. The number of aryl methyl sites for hydroxylation is 1. The molecule has 0 radical (unpaired) electrons. The van der Waals surface area contributed by atoms with Crippen LogP contribution in [0.4, 0.5) is 0 Å². The van der Waals surface area contributed by atoms with Crippen LogP contribution in [0.25, 0.3) is 0 Å². The first-order valence-corrected chi connectivity index (χ1v) is 6.68. The number of sulfone groups is 1. The van der Waals surface area contributed by atoms with Gasteiger partial charge in [0.2, 0.25) is 0 Å². The monoisotopic (exact) mass is 258 g/mol. The number of carbonyl (C=O) groups excluding carboxylic acids is 1. The number of hydrogen-bond donors (Lipinski definition) is 0. The van der Waals surface area contributed by atoms with Gasteiger partial charge < -0.3 is 9.47 Å². The maximum absolute atomic E-state index is 11.7. The quantitative estimate of drug-likeness (QED) is 0.762. The van der Waals surface area contributed by atoms with Crippen molar-refractivity contribution < 1.29 is 22.7 Å². The fraction of sp³-hybridized carbons (Fsp3) is 0.364. The molecule has 17 heavy (non-hydrogen) atoms. The predicted molar refractivity (Wildman–Crippen MR) is 62.2 cm³/mol. The van der Waals surface area contributed by atoms with Gasteiger partial charge in [0, 0.05) is 6.26 Å². The number of benzene rings is 1. The van der Waals surface area contributed by atoms with E-state index in [0.717, 1.165) is 6.26 Å². The Morgan fingerprint density at radius 2 is 1.82 bits per heavy atom. The van der Waals surface area contributed by atoms with Crippen LogP contribution in [0.2, 0.25) is 0 Å². The van der Waals surface area contributed by atoms with Gasteiger partial charge in [-0.1, -0.05) is 6.07 Å². The number of rotatable bonds is 3. The molecular formula is C11H14O5S. The minimum Gasteiger partial charge on any atom is -0.494 e. The Morgan fingerprint density at radius 3 is 2.24 bits per heavy atom. The standard InChI is InChI=1S/C11H14O5S/c1-7-5-6-8(11(12)16-3)9(15-2)10(7)17(4,13)14/h5-6H,1-4H3. The van der Waals surface area contributed by atoms with Gasteiger partial charge in [-0.25, -0.2) is 13.2 Å². The van der Waals surface area contributed by atoms with Crippen molar-refractivity contribution in [2.75, 3.05) is 20.5 Å². The lowest BCUT2D eigenvalue weighted by Gasteiger charge is -2.13. The molecule has 0 atom stereocenters. The zero-order valence-electron chi connectivity index (χ0n) is 10.1. The fourth-order valence-corrected chi connectivity index (χ4v) is 2.78. The largest absolute Gasteiger partial charge is 0.494 e. The van der Waals surface area contributed by atoms with Gasteiger partial charge in [-0.2, -0.15) is 0 Å². The molecule has 0 spiro atoms. The summed E-state index contributed by atoms with van der Waals surface area (Å²) >= 11 is 0. The van der Waals surface area contributed by atoms with Gasteiger partial charge in [0.15, 0.2) is 15.6 Å². The minimum absolute atomic E-state index is 0.0166. The van der Waals surface area contributed by atoms with Gasteiger partial charge in [0.05, 0.1) is 14.2 Å². The van der Waals surface area contributed by atoms with Crippen molar-refractivity contribution in [1.29, 1.82) is 0 Å². The van der Waals surface area contributed by atoms with Crippen LogP contribution in [-0.2, 0) is 14.6 Å². The molecule has 6 heteroatoms. The topological polar surface area (TPSA) is 69.7 Å². The van der Waals surface area contributed by atoms with E-state index in [1.54, 1.807) is 13.0 Å². The van der Waals surface area contributed by atoms with Crippen molar-refractivity contribution in [3.63, 3.8) is 0 Å². The van der Waals surface area contributed by atoms with Crippen LogP contribution in [0, 0.1) is 6.92 Å². The van der Waals surface area contributed by atoms with Crippen LogP contribution < -0.4 is 4.74 Å². The Morgan fingerprint density at radius 1 is 1.24 bits per heavy atom. The second kappa shape index (κ2) is 4.75. The average molecular weight is 258 g/mol. The van der Waals surface area contributed by atoms with Crippen molar-refractivity contribution in [3.8, 4) is 5.75 Å². The number of methoxy groups -OCH3 is 2. The van der Waals surface area contributed by atoms with Crippen LogP contribution in [0.15, 0.2) is 17.0 Å². The summed E-state index contributed by atoms with van der Waals surface area (Å²) < 4.78 is 32.9. The number of esters is 1. The van der Waals surface area contributed by atoms with Gasteiger partial charge in [-0.3, -0.25) is 0 Å². The lowest BCUT2D eigenvalue weighted by molar-refractivity contribution is 0.0596. The molecule has 0 aliphatic heterocycles. The summed E-state index contributed by atoms with van der Waals surface area (Å²) in [4.78, 5) is 11.5. The Kier molecular flexibility index (Phi) is 3.77. The number of ether oxygens (including phenoxy) is 2. The van der Waals surface area contributed by atoms with E-state index in [4.69, 9.17) is 4.74 Å². The average Bonchev–Trinajstić information content (AvgIpc) is 2.25. The highest BCUT2D eigenvalue weighted by Crippen LogP contribution is 2.31. The number of carbonyl (C=O) groups is 1. The molecule has 1 rings (SSSR count). The van der Waals surface area contributed by atoms with Crippen LogP contribution in [0.5, 0.6) is 5.75 Å². The summed E-state index contributed by atoms with van der Waals surface area (Å²) in [6, 6.07) is 3.03. The second-order valence-electron chi connectivity index (χ2n) is 3.56. The SMILES string of the molecule is COC(=O)c1ccc(C)c(S(C)(=O)=O)c1OC. The van der Waals surface area contributed by atoms with Crippen molar-refractivity contribution in [2.45, 2.75) is 11.8 Å². The summed E-state index contributed by atoms with van der Waals surface area (Å²) in [6.45, 7) is 1.64. The molecule has 0 aliphatic carbocycles. The van der Waals surface area contributed by atoms with Crippen LogP contribution in [0.1, 0.15) is 15.9 Å². The summed E-state index contributed by atoms with van der Waals surface area (Å²) in [5.74, 6) is -0.605. The zero-order valence-corrected chi connectivity index (χ0v) is 10.9. The van der Waals surface area contributed by atoms with E-state index < -0.39 is 15.8 Å². The van der Waals surface area contributed by atoms with Gasteiger partial charge in [0.1, 0.15) is 10.5 Å². The molecule has 94 valence electrons. The van der Waals surface area contributed by atoms with Crippen molar-refractivity contribution in [3.05, 3.63) is 23.3 Å². The second-order valence-corrected chi connectivity index (χ2v) is 5.51. The molecule has 0 saturated heterocycles. The summed E-state index contributed by atoms with van der Waals surface area (Å²) in [5, 5.41) is 0. The highest BCUT2D eigenvalue weighted by molar-refractivity contribution is 7.90. The first-order valence-electron chi connectivity index (χ1n) is 4.79. The molecule has 0 fully saturated rings. The molecule has 1 aromatic rings. The lowest BCUT2D eigenvalue weighted by atomic mass is 10.1. The predicted octanol–water partition coefficient (Wildman–Crippen LogP) is 1.19. The molecule has 0 heterocycles. The van der Waals surface area contributed by atoms with E-state index in [9.17, 15) is 13.2 Å². The molecule has 0 saturated carbocycles. The highest BCUT2D eigenvalue weighted by Gasteiger charge is 2.24. The zero-order chi connectivity index (χ0) is 13.2. The Labute approximate surface area is 100 Å². The maximum Gasteiger partial charge on any atom is 0.341 e. The minimum atomic E-state index is -3.47. The molecule has 0 amide bonds. The Bertz CT molecular complexity index is 545. The van der Waals surface area contributed by atoms with Gasteiger partial charge >= 0.3 is 5.97 Å². The molecule has 1 aromatic carbocycles. The van der Waals surface area contributed by atoms with E-state index in [0.29, 0.717) is 5.56 Å².